The van der Waals surface area contributed by atoms with Crippen LogP contribution in [0.25, 0.3) is 148 Å². The topological polar surface area (TPSA) is 112 Å². The molecule has 10 aromatic carbocycles. The number of fused-ring (bicyclic) bond motifs is 32. The molecule has 0 unspecified atom stereocenters. The third kappa shape index (κ3) is 19.9. The van der Waals surface area contributed by atoms with Gasteiger partial charge in [0.2, 0.25) is 0 Å². The number of hydrogen-bond acceptors (Lipinski definition) is 7. The number of pyridine rings is 5. The van der Waals surface area contributed by atoms with Crippen molar-refractivity contribution in [2.24, 2.45) is 0 Å². The van der Waals surface area contributed by atoms with Gasteiger partial charge < -0.3 is 64.1 Å². The monoisotopic (exact) mass is 2840 g/mol. The zero-order valence-electron chi connectivity index (χ0n) is 68.7. The standard InChI is InChI=1S/C26H23N2.C19H15N2.C18H17N2Si.C15H8N2.C13H7N4.5CH3.5Ir.5Y/c1-15-16(2)18(4)25(19(5)17(15)3)24-14-27-26-22-12-7-6-10-20(22)21-11-8-9-13-23(21)28(24)26;1-2-6-14-13(5-1)9-10-16-18(14)15-7-3-4-8-17(15)21-12-11-20-19(16)21;1-21(2,3)17-12-19-18-15-10-5-4-8-13(15)14-9-6-7-11-16(14)20(17)18;1-2-7-13-11(5-1)12-6-3-4-8-14(12)17-10-9-16-15(13)17;1-2-4-10-9(3-1)11-13(15-6-5-14-11)17-8-7-16-12(10)17;;;;;;;;;;;;;;;/h6-11,13-14H,1-5H3;3-4,7-9,11-12H,1-2,5-6H2;4-9,11-12H,1-3H3;1-7,9H;1-3,5-8H;5*1H3;;;;;;;;;;/q3*-1;-2;6*-1;;;;;+3;;;;;. The largest absolute Gasteiger partial charge is 3.00 e. The number of rotatable bonds is 2. The van der Waals surface area contributed by atoms with Crippen LogP contribution in [0.2, 0.25) is 19.6 Å². The summed E-state index contributed by atoms with van der Waals surface area (Å²) in [4.78, 5) is 31.7. The van der Waals surface area contributed by atoms with Crippen LogP contribution in [0.4, 0.5) is 0 Å². The van der Waals surface area contributed by atoms with Crippen LogP contribution in [0.15, 0.2) is 232 Å². The molecule has 0 saturated carbocycles. The summed E-state index contributed by atoms with van der Waals surface area (Å²) in [6.07, 6.45) is 24.9. The van der Waals surface area contributed by atoms with Crippen molar-refractivity contribution in [3.8, 4) is 11.3 Å². The molecule has 23 heteroatoms. The van der Waals surface area contributed by atoms with Crippen LogP contribution in [-0.2, 0) is 277 Å². The Bertz CT molecular complexity index is 6750. The van der Waals surface area contributed by atoms with E-state index in [-0.39, 0.29) is 301 Å². The van der Waals surface area contributed by atoms with Gasteiger partial charge in [-0.25, -0.2) is 11.1 Å². The fraction of sp³-hybridized carbons (Fsp3) is 0.125. The smallest absolute Gasteiger partial charge is 0.482 e. The number of benzene rings is 10. The van der Waals surface area contributed by atoms with Gasteiger partial charge in [0.1, 0.15) is 5.65 Å². The maximum absolute atomic E-state index is 4.87. The van der Waals surface area contributed by atoms with Gasteiger partial charge in [-0.05, 0) is 115 Å². The van der Waals surface area contributed by atoms with E-state index in [0.717, 1.165) is 77.5 Å². The van der Waals surface area contributed by atoms with Crippen molar-refractivity contribution in [1.29, 1.82) is 0 Å². The summed E-state index contributed by atoms with van der Waals surface area (Å²) in [5.41, 5.74) is 23.5. The second-order valence-corrected chi connectivity index (χ2v) is 33.0. The maximum atomic E-state index is 4.87. The van der Waals surface area contributed by atoms with E-state index in [2.05, 4.69) is 256 Å². The zero-order valence-corrected chi connectivity index (χ0v) is 95.9. The first kappa shape index (κ1) is 109. The number of aryl methyl sites for hydroxylation is 2. The minimum Gasteiger partial charge on any atom is -0.482 e. The van der Waals surface area contributed by atoms with Crippen molar-refractivity contribution in [1.82, 2.24) is 56.9 Å². The Morgan fingerprint density at radius 3 is 1.43 bits per heavy atom. The molecule has 0 amide bonds. The van der Waals surface area contributed by atoms with Gasteiger partial charge in [0, 0.05) is 327 Å². The van der Waals surface area contributed by atoms with E-state index in [1.54, 1.807) is 24.8 Å². The molecular weight excluding hydrogens is 2750 g/mol. The van der Waals surface area contributed by atoms with Crippen LogP contribution < -0.4 is 5.32 Å². The average molecular weight is 2840 g/mol. The van der Waals surface area contributed by atoms with Gasteiger partial charge in [-0.15, -0.1) is 107 Å². The third-order valence-electron chi connectivity index (χ3n) is 21.3. The number of imidazole rings is 5. The Hall–Kier alpha value is -3.69. The van der Waals surface area contributed by atoms with Crippen LogP contribution >= 0.6 is 0 Å². The Morgan fingerprint density at radius 2 is 0.824 bits per heavy atom. The first-order chi connectivity index (χ1) is 50.9. The van der Waals surface area contributed by atoms with E-state index >= 15 is 0 Å². The second kappa shape index (κ2) is 46.7. The summed E-state index contributed by atoms with van der Waals surface area (Å²) in [5, 5.41) is 17.9. The molecule has 0 bridgehead atoms. The fourth-order valence-corrected chi connectivity index (χ4v) is 17.3. The quantitative estimate of drug-likeness (QED) is 0.0962. The van der Waals surface area contributed by atoms with E-state index in [1.807, 2.05) is 88.2 Å². The molecule has 0 fully saturated rings. The molecule has 0 saturated heterocycles. The normalized spacial score (nSPS) is 10.9. The Labute approximate surface area is 893 Å². The van der Waals surface area contributed by atoms with Crippen molar-refractivity contribution in [2.75, 3.05) is 0 Å². The van der Waals surface area contributed by atoms with E-state index in [0.29, 0.717) is 0 Å². The molecule has 0 aliphatic heterocycles. The van der Waals surface area contributed by atoms with Gasteiger partial charge >= 0.3 is 20.1 Å². The van der Waals surface area contributed by atoms with E-state index in [9.17, 15) is 0 Å². The van der Waals surface area contributed by atoms with Crippen LogP contribution in [0.1, 0.15) is 51.8 Å². The van der Waals surface area contributed by atoms with E-state index in [1.165, 1.54) is 141 Å². The summed E-state index contributed by atoms with van der Waals surface area (Å²) in [6, 6.07) is 77.5. The zero-order chi connectivity index (χ0) is 70.5. The number of aromatic nitrogens is 12. The van der Waals surface area contributed by atoms with Crippen LogP contribution in [0.5, 0.6) is 0 Å². The summed E-state index contributed by atoms with van der Waals surface area (Å²) in [7, 11) is -1.46. The van der Waals surface area contributed by atoms with Crippen LogP contribution in [-0.4, -0.2) is 65.0 Å². The van der Waals surface area contributed by atoms with Crippen molar-refractivity contribution >= 4 is 150 Å². The SMILES string of the molecule is C[Si](C)(C)c1cnc2c3[c-]cccc3c3ccccc3n12.Cc1c(C)c(C)c(-c2cnc3c4[c-]cccc4c4ccccc4n23)c(C)c1C.[CH3-].[CH3-].[CH3-].[CH3-].[CH3-].[Ir+3].[Ir].[Ir].[Ir].[Ir].[Y].[Y].[Y].[Y].[Y].[c-]1cc2c(c3c1c1nccn1c1ccccc31)CCCC2.[c-]1cccc2c1c1nccn1c1nccnc21.[c-]1cccc2c3ccccc3c3nc[c-]n3c12. The van der Waals surface area contributed by atoms with Gasteiger partial charge in [0.05, 0.1) is 41.9 Å². The van der Waals surface area contributed by atoms with Gasteiger partial charge in [0.15, 0.2) is 0 Å². The minimum atomic E-state index is -1.46. The molecular formula is C96H85Ir5N12SiY5-8. The van der Waals surface area contributed by atoms with Crippen LogP contribution in [0.3, 0.4) is 0 Å². The molecule has 1 aliphatic rings. The summed E-state index contributed by atoms with van der Waals surface area (Å²) in [6.45, 7) is 18.2. The predicted molar refractivity (Wildman–Crippen MR) is 460 cm³/mol. The van der Waals surface area contributed by atoms with Crippen molar-refractivity contribution in [3.63, 3.8) is 0 Å². The van der Waals surface area contributed by atoms with Crippen molar-refractivity contribution in [3.05, 3.63) is 344 Å². The Morgan fingerprint density at radius 1 is 0.370 bits per heavy atom. The molecule has 12 nitrogen and oxygen atoms in total. The first-order valence-electron chi connectivity index (χ1n) is 35.5. The molecule has 21 aromatic rings. The Kier molecular flexibility index (Phi) is 43.0. The van der Waals surface area contributed by atoms with Gasteiger partial charge in [-0.1, -0.05) is 162 Å². The molecule has 0 atom stereocenters. The second-order valence-electron chi connectivity index (χ2n) is 28.0. The predicted octanol–water partition coefficient (Wildman–Crippen LogP) is 22.7. The van der Waals surface area contributed by atoms with E-state index < -0.39 is 8.07 Å². The number of nitrogens with zero attached hydrogens (tertiary/aromatic N) is 12. The molecule has 9 radical (unpaired) electrons. The number of hydrogen-bond donors (Lipinski definition) is 0. The molecule has 22 rings (SSSR count). The molecule has 1 aliphatic carbocycles. The fourth-order valence-electron chi connectivity index (χ4n) is 16.0. The molecule has 119 heavy (non-hydrogen) atoms. The summed E-state index contributed by atoms with van der Waals surface area (Å²) in [5.74, 6) is 0. The molecule has 0 spiro atoms. The third-order valence-corrected chi connectivity index (χ3v) is 23.2. The Balaban J connectivity index is 0.000000376. The first-order valence-corrected chi connectivity index (χ1v) is 39.0. The molecule has 11 heterocycles. The van der Waals surface area contributed by atoms with E-state index in [4.69, 9.17) is 9.97 Å². The average Bonchev–Trinajstić information content (AvgIpc) is 1.66. The number of para-hydroxylation sites is 4. The van der Waals surface area contributed by atoms with Crippen molar-refractivity contribution in [2.45, 2.75) is 79.9 Å². The molecule has 11 aromatic heterocycles. The minimum absolute atomic E-state index is 0. The molecule has 601 valence electrons. The van der Waals surface area contributed by atoms with Crippen LogP contribution in [0, 0.1) is 108 Å². The van der Waals surface area contributed by atoms with Gasteiger partial charge in [-0.3, -0.25) is 24.9 Å². The summed E-state index contributed by atoms with van der Waals surface area (Å²) < 4.78 is 10.8. The summed E-state index contributed by atoms with van der Waals surface area (Å²) >= 11 is 0. The maximum Gasteiger partial charge on any atom is 3.00 e. The van der Waals surface area contributed by atoms with Gasteiger partial charge in [0.25, 0.3) is 0 Å². The van der Waals surface area contributed by atoms with Crippen molar-refractivity contribution < 1.29 is 264 Å². The molecule has 0 N–H and O–H groups in total. The van der Waals surface area contributed by atoms with Gasteiger partial charge in [-0.2, -0.15) is 29.1 Å².